The maximum absolute atomic E-state index is 10.5. The molecule has 3 N–H and O–H groups in total. The minimum atomic E-state index is 0.00819. The number of nitrogens with two attached hydrogens (primary N) is 1. The normalized spacial score (nSPS) is 22.6. The van der Waals surface area contributed by atoms with Crippen molar-refractivity contribution in [1.29, 1.82) is 0 Å². The Morgan fingerprint density at radius 2 is 1.81 bits per heavy atom. The lowest BCUT2D eigenvalue weighted by atomic mass is 9.95. The summed E-state index contributed by atoms with van der Waals surface area (Å²) in [6.07, 6.45) is 1.35. The van der Waals surface area contributed by atoms with E-state index in [1.54, 1.807) is 6.07 Å². The number of nitrogen functional groups attached to an aromatic ring is 1. The van der Waals surface area contributed by atoms with Gasteiger partial charge < -0.3 is 24.8 Å². The second-order valence-electron chi connectivity index (χ2n) is 5.72. The highest BCUT2D eigenvalue weighted by molar-refractivity contribution is 5.81. The summed E-state index contributed by atoms with van der Waals surface area (Å²) in [6.45, 7) is 3.93. The molecule has 2 aromatic rings. The average Bonchev–Trinajstić information content (AvgIpc) is 3.09. The quantitative estimate of drug-likeness (QED) is 0.836. The standard InChI is InChI=1S/C15H16N2O4/c1-6-3-8-12(10-5-11(16)21-17-10)14-9(4-7(2)19-14)13(18)15(8)20-6/h5-7,18H,3-4,16H2,1-2H3. The van der Waals surface area contributed by atoms with E-state index in [1.165, 1.54) is 0 Å². The van der Waals surface area contributed by atoms with Crippen molar-refractivity contribution in [2.24, 2.45) is 0 Å². The van der Waals surface area contributed by atoms with Crippen molar-refractivity contribution in [3.8, 4) is 28.5 Å². The number of nitrogens with zero attached hydrogens (tertiary/aromatic N) is 1. The minimum Gasteiger partial charge on any atom is -0.504 e. The van der Waals surface area contributed by atoms with Crippen LogP contribution >= 0.6 is 0 Å². The first-order valence-corrected chi connectivity index (χ1v) is 7.01. The maximum atomic E-state index is 10.5. The first kappa shape index (κ1) is 12.4. The van der Waals surface area contributed by atoms with Gasteiger partial charge in [-0.3, -0.25) is 0 Å². The van der Waals surface area contributed by atoms with Gasteiger partial charge in [0.1, 0.15) is 23.7 Å². The Hall–Kier alpha value is -2.37. The van der Waals surface area contributed by atoms with Gasteiger partial charge in [-0.15, -0.1) is 0 Å². The molecular formula is C15H16N2O4. The molecule has 0 saturated carbocycles. The van der Waals surface area contributed by atoms with E-state index in [0.717, 1.165) is 16.7 Å². The third kappa shape index (κ3) is 1.68. The molecule has 0 aliphatic carbocycles. The largest absolute Gasteiger partial charge is 0.504 e. The summed E-state index contributed by atoms with van der Waals surface area (Å²) in [7, 11) is 0. The Morgan fingerprint density at radius 3 is 2.48 bits per heavy atom. The summed E-state index contributed by atoms with van der Waals surface area (Å²) in [6, 6.07) is 1.67. The van der Waals surface area contributed by atoms with Gasteiger partial charge in [-0.05, 0) is 13.8 Å². The molecule has 0 amide bonds. The topological polar surface area (TPSA) is 90.7 Å². The van der Waals surface area contributed by atoms with Crippen molar-refractivity contribution in [3.05, 3.63) is 17.2 Å². The van der Waals surface area contributed by atoms with Crippen LogP contribution in [0, 0.1) is 0 Å². The molecule has 2 aliphatic heterocycles. The van der Waals surface area contributed by atoms with E-state index in [1.807, 2.05) is 13.8 Å². The number of phenols is 1. The van der Waals surface area contributed by atoms with Gasteiger partial charge >= 0.3 is 0 Å². The summed E-state index contributed by atoms with van der Waals surface area (Å²) in [5.74, 6) is 1.65. The molecule has 0 fully saturated rings. The molecule has 6 heteroatoms. The van der Waals surface area contributed by atoms with E-state index >= 15 is 0 Å². The van der Waals surface area contributed by atoms with E-state index in [-0.39, 0.29) is 23.8 Å². The van der Waals surface area contributed by atoms with Gasteiger partial charge in [0.25, 0.3) is 0 Å². The molecule has 3 heterocycles. The molecule has 0 spiro atoms. The van der Waals surface area contributed by atoms with Crippen LogP contribution in [0.2, 0.25) is 0 Å². The minimum absolute atomic E-state index is 0.00819. The van der Waals surface area contributed by atoms with Crippen molar-refractivity contribution < 1.29 is 19.1 Å². The molecule has 4 rings (SSSR count). The molecule has 21 heavy (non-hydrogen) atoms. The number of rotatable bonds is 1. The Balaban J connectivity index is 2.02. The summed E-state index contributed by atoms with van der Waals surface area (Å²) in [5, 5.41) is 14.5. The Labute approximate surface area is 121 Å². The number of ether oxygens (including phenoxy) is 2. The van der Waals surface area contributed by atoms with Gasteiger partial charge in [-0.25, -0.2) is 0 Å². The molecule has 0 saturated heterocycles. The SMILES string of the molecule is CC1Cc2c(c(O)c3c(c2-c2cc(N)on2)OC(C)C3)O1. The third-order valence-electron chi connectivity index (χ3n) is 3.98. The number of benzene rings is 1. The van der Waals surface area contributed by atoms with E-state index in [2.05, 4.69) is 5.16 Å². The van der Waals surface area contributed by atoms with Crippen LogP contribution in [0.15, 0.2) is 10.6 Å². The fraction of sp³-hybridized carbons (Fsp3) is 0.400. The zero-order valence-corrected chi connectivity index (χ0v) is 11.8. The second-order valence-corrected chi connectivity index (χ2v) is 5.72. The van der Waals surface area contributed by atoms with Gasteiger partial charge in [-0.2, -0.15) is 0 Å². The zero-order valence-electron chi connectivity index (χ0n) is 11.8. The van der Waals surface area contributed by atoms with Gasteiger partial charge in [-0.1, -0.05) is 5.16 Å². The highest BCUT2D eigenvalue weighted by atomic mass is 16.5. The first-order chi connectivity index (χ1) is 10.0. The van der Waals surface area contributed by atoms with Crippen LogP contribution in [-0.2, 0) is 12.8 Å². The third-order valence-corrected chi connectivity index (χ3v) is 3.98. The van der Waals surface area contributed by atoms with Crippen LogP contribution in [0.1, 0.15) is 25.0 Å². The van der Waals surface area contributed by atoms with Crippen LogP contribution < -0.4 is 15.2 Å². The fourth-order valence-electron chi connectivity index (χ4n) is 3.17. The number of phenolic OH excluding ortho intramolecular Hbond substituents is 1. The van der Waals surface area contributed by atoms with Crippen LogP contribution in [-0.4, -0.2) is 22.5 Å². The summed E-state index contributed by atoms with van der Waals surface area (Å²) in [5.41, 5.74) is 8.76. The molecule has 1 aromatic heterocycles. The average molecular weight is 288 g/mol. The molecule has 2 atom stereocenters. The van der Waals surface area contributed by atoms with Crippen molar-refractivity contribution in [3.63, 3.8) is 0 Å². The number of aromatic nitrogens is 1. The number of anilines is 1. The summed E-state index contributed by atoms with van der Waals surface area (Å²) < 4.78 is 16.7. The Kier molecular flexibility index (Phi) is 2.40. The highest BCUT2D eigenvalue weighted by Crippen LogP contribution is 2.53. The second kappa shape index (κ2) is 4.07. The van der Waals surface area contributed by atoms with Gasteiger partial charge in [0.2, 0.25) is 5.88 Å². The molecule has 0 bridgehead atoms. The maximum Gasteiger partial charge on any atom is 0.222 e. The van der Waals surface area contributed by atoms with Crippen LogP contribution in [0.5, 0.6) is 17.2 Å². The monoisotopic (exact) mass is 288 g/mol. The molecule has 2 unspecified atom stereocenters. The van der Waals surface area contributed by atoms with Gasteiger partial charge in [0.15, 0.2) is 11.5 Å². The summed E-state index contributed by atoms with van der Waals surface area (Å²) >= 11 is 0. The van der Waals surface area contributed by atoms with Crippen LogP contribution in [0.25, 0.3) is 11.3 Å². The number of fused-ring (bicyclic) bond motifs is 2. The number of aromatic hydroxyl groups is 1. The van der Waals surface area contributed by atoms with Gasteiger partial charge in [0.05, 0.1) is 5.56 Å². The molecule has 1 aromatic carbocycles. The van der Waals surface area contributed by atoms with Gasteiger partial charge in [0, 0.05) is 30.0 Å². The van der Waals surface area contributed by atoms with E-state index in [9.17, 15) is 5.11 Å². The number of hydrogen-bond acceptors (Lipinski definition) is 6. The zero-order chi connectivity index (χ0) is 14.7. The number of hydrogen-bond donors (Lipinski definition) is 2. The Bertz CT molecular complexity index is 699. The molecule has 110 valence electrons. The van der Waals surface area contributed by atoms with E-state index in [4.69, 9.17) is 19.7 Å². The van der Waals surface area contributed by atoms with Crippen molar-refractivity contribution in [2.75, 3.05) is 5.73 Å². The van der Waals surface area contributed by atoms with Crippen molar-refractivity contribution in [1.82, 2.24) is 5.16 Å². The van der Waals surface area contributed by atoms with E-state index < -0.39 is 0 Å². The predicted molar refractivity (Wildman–Crippen MR) is 75.6 cm³/mol. The molecular weight excluding hydrogens is 272 g/mol. The first-order valence-electron chi connectivity index (χ1n) is 7.01. The van der Waals surface area contributed by atoms with E-state index in [0.29, 0.717) is 30.0 Å². The smallest absolute Gasteiger partial charge is 0.222 e. The molecule has 2 aliphatic rings. The molecule has 6 nitrogen and oxygen atoms in total. The van der Waals surface area contributed by atoms with Crippen molar-refractivity contribution >= 4 is 5.88 Å². The molecule has 0 radical (unpaired) electrons. The predicted octanol–water partition coefficient (Wildman–Crippen LogP) is 2.28. The van der Waals surface area contributed by atoms with Crippen molar-refractivity contribution in [2.45, 2.75) is 38.9 Å². The lowest BCUT2D eigenvalue weighted by Gasteiger charge is -2.13. The lowest BCUT2D eigenvalue weighted by molar-refractivity contribution is 0.244. The summed E-state index contributed by atoms with van der Waals surface area (Å²) in [4.78, 5) is 0. The van der Waals surface area contributed by atoms with Crippen LogP contribution in [0.4, 0.5) is 5.88 Å². The fourth-order valence-corrected chi connectivity index (χ4v) is 3.17. The lowest BCUT2D eigenvalue weighted by Crippen LogP contribution is -2.07. The highest BCUT2D eigenvalue weighted by Gasteiger charge is 2.37. The Morgan fingerprint density at radius 1 is 1.14 bits per heavy atom. The van der Waals surface area contributed by atoms with Crippen LogP contribution in [0.3, 0.4) is 0 Å².